The molecule has 0 saturated carbocycles. The third-order valence-electron chi connectivity index (χ3n) is 3.26. The maximum atomic E-state index is 4.05. The van der Waals surface area contributed by atoms with Gasteiger partial charge in [0.2, 0.25) is 0 Å². The monoisotopic (exact) mass is 260 g/mol. The van der Waals surface area contributed by atoms with Crippen LogP contribution in [0.25, 0.3) is 0 Å². The molecule has 0 spiro atoms. The molecule has 2 rings (SSSR count). The summed E-state index contributed by atoms with van der Waals surface area (Å²) in [5.74, 6) is 0. The van der Waals surface area contributed by atoms with E-state index < -0.39 is 0 Å². The highest BCUT2D eigenvalue weighted by Crippen LogP contribution is 2.14. The van der Waals surface area contributed by atoms with Gasteiger partial charge in [-0.15, -0.1) is 11.3 Å². The first kappa shape index (κ1) is 13.2. The zero-order chi connectivity index (χ0) is 12.6. The molecule has 2 aromatic rings. The number of thiophene rings is 1. The van der Waals surface area contributed by atoms with Crippen LogP contribution in [0.4, 0.5) is 0 Å². The number of rotatable bonds is 7. The zero-order valence-electron chi connectivity index (χ0n) is 10.8. The van der Waals surface area contributed by atoms with Crippen LogP contribution < -0.4 is 5.32 Å². The number of aromatic nitrogens is 1. The molecule has 0 fully saturated rings. The second-order valence-electron chi connectivity index (χ2n) is 4.50. The molecule has 2 nitrogen and oxygen atoms in total. The van der Waals surface area contributed by atoms with Gasteiger partial charge < -0.3 is 5.32 Å². The Bertz CT molecular complexity index is 425. The van der Waals surface area contributed by atoms with Gasteiger partial charge in [-0.05, 0) is 61.9 Å². The molecule has 0 bridgehead atoms. The summed E-state index contributed by atoms with van der Waals surface area (Å²) in [7, 11) is 2.06. The molecule has 0 saturated heterocycles. The standard InChI is InChI=1S/C15H20N2S/c1-16-14(6-7-15-3-2-12-18-15)5-4-13-8-10-17-11-9-13/h2-3,8-12,14,16H,4-7H2,1H3. The summed E-state index contributed by atoms with van der Waals surface area (Å²) < 4.78 is 0. The first-order chi connectivity index (χ1) is 8.88. The third kappa shape index (κ3) is 4.24. The number of hydrogen-bond donors (Lipinski definition) is 1. The van der Waals surface area contributed by atoms with Crippen LogP contribution in [0.3, 0.4) is 0 Å². The van der Waals surface area contributed by atoms with Gasteiger partial charge in [-0.2, -0.15) is 0 Å². The first-order valence-corrected chi connectivity index (χ1v) is 7.35. The Labute approximate surface area is 113 Å². The molecule has 96 valence electrons. The average molecular weight is 260 g/mol. The number of hydrogen-bond acceptors (Lipinski definition) is 3. The summed E-state index contributed by atoms with van der Waals surface area (Å²) in [6.45, 7) is 0. The zero-order valence-corrected chi connectivity index (χ0v) is 11.6. The van der Waals surface area contributed by atoms with Crippen molar-refractivity contribution in [1.82, 2.24) is 10.3 Å². The average Bonchev–Trinajstić information content (AvgIpc) is 2.93. The largest absolute Gasteiger partial charge is 0.317 e. The molecule has 0 amide bonds. The lowest BCUT2D eigenvalue weighted by Gasteiger charge is -2.15. The molecule has 0 aromatic carbocycles. The number of pyridine rings is 1. The lowest BCUT2D eigenvalue weighted by atomic mass is 10.0. The second kappa shape index (κ2) is 7.29. The van der Waals surface area contributed by atoms with E-state index in [-0.39, 0.29) is 0 Å². The van der Waals surface area contributed by atoms with Crippen molar-refractivity contribution >= 4 is 11.3 Å². The Morgan fingerprint density at radius 1 is 1.17 bits per heavy atom. The van der Waals surface area contributed by atoms with E-state index in [4.69, 9.17) is 0 Å². The molecule has 0 radical (unpaired) electrons. The molecule has 0 aliphatic rings. The highest BCUT2D eigenvalue weighted by Gasteiger charge is 2.07. The van der Waals surface area contributed by atoms with E-state index in [1.165, 1.54) is 29.7 Å². The van der Waals surface area contributed by atoms with Crippen molar-refractivity contribution in [2.75, 3.05) is 7.05 Å². The third-order valence-corrected chi connectivity index (χ3v) is 4.19. The summed E-state index contributed by atoms with van der Waals surface area (Å²) in [6, 6.07) is 9.16. The van der Waals surface area contributed by atoms with Gasteiger partial charge in [0.05, 0.1) is 0 Å². The Morgan fingerprint density at radius 3 is 2.61 bits per heavy atom. The maximum Gasteiger partial charge on any atom is 0.0270 e. The van der Waals surface area contributed by atoms with Gasteiger partial charge in [0.1, 0.15) is 0 Å². The molecule has 2 aromatic heterocycles. The normalized spacial score (nSPS) is 12.5. The fourth-order valence-corrected chi connectivity index (χ4v) is 2.82. The predicted octanol–water partition coefficient (Wildman–Crippen LogP) is 3.30. The minimum atomic E-state index is 0.597. The highest BCUT2D eigenvalue weighted by molar-refractivity contribution is 7.09. The summed E-state index contributed by atoms with van der Waals surface area (Å²) in [6.07, 6.45) is 8.44. The van der Waals surface area contributed by atoms with E-state index in [9.17, 15) is 0 Å². The van der Waals surface area contributed by atoms with Crippen molar-refractivity contribution < 1.29 is 0 Å². The van der Waals surface area contributed by atoms with Crippen LogP contribution in [0.1, 0.15) is 23.3 Å². The van der Waals surface area contributed by atoms with Crippen LogP contribution in [0.5, 0.6) is 0 Å². The topological polar surface area (TPSA) is 24.9 Å². The van der Waals surface area contributed by atoms with Gasteiger partial charge in [0, 0.05) is 23.3 Å². The van der Waals surface area contributed by atoms with Gasteiger partial charge in [-0.3, -0.25) is 4.98 Å². The van der Waals surface area contributed by atoms with Crippen LogP contribution in [0.2, 0.25) is 0 Å². The first-order valence-electron chi connectivity index (χ1n) is 6.47. The summed E-state index contributed by atoms with van der Waals surface area (Å²) in [5.41, 5.74) is 1.38. The Hall–Kier alpha value is -1.19. The minimum absolute atomic E-state index is 0.597. The number of aryl methyl sites for hydroxylation is 2. The molecule has 2 heterocycles. The minimum Gasteiger partial charge on any atom is -0.317 e. The molecule has 0 aliphatic heterocycles. The molecular formula is C15H20N2S. The van der Waals surface area contributed by atoms with Crippen molar-refractivity contribution in [1.29, 1.82) is 0 Å². The van der Waals surface area contributed by atoms with Crippen LogP contribution in [-0.4, -0.2) is 18.1 Å². The SMILES string of the molecule is CNC(CCc1ccncc1)CCc1cccs1. The molecule has 3 heteroatoms. The van der Waals surface area contributed by atoms with Gasteiger partial charge in [0.25, 0.3) is 0 Å². The lowest BCUT2D eigenvalue weighted by molar-refractivity contribution is 0.490. The van der Waals surface area contributed by atoms with Crippen LogP contribution in [0, 0.1) is 0 Å². The van der Waals surface area contributed by atoms with Gasteiger partial charge in [0.15, 0.2) is 0 Å². The van der Waals surface area contributed by atoms with E-state index in [1.54, 1.807) is 0 Å². The predicted molar refractivity (Wildman–Crippen MR) is 78.0 cm³/mol. The van der Waals surface area contributed by atoms with E-state index in [2.05, 4.69) is 47.0 Å². The molecule has 1 unspecified atom stereocenters. The van der Waals surface area contributed by atoms with Crippen molar-refractivity contribution in [2.45, 2.75) is 31.7 Å². The van der Waals surface area contributed by atoms with Crippen molar-refractivity contribution in [3.63, 3.8) is 0 Å². The maximum absolute atomic E-state index is 4.05. The Morgan fingerprint density at radius 2 is 1.94 bits per heavy atom. The van der Waals surface area contributed by atoms with Crippen LogP contribution in [0.15, 0.2) is 42.0 Å². The molecular weight excluding hydrogens is 240 g/mol. The van der Waals surface area contributed by atoms with E-state index in [1.807, 2.05) is 23.7 Å². The smallest absolute Gasteiger partial charge is 0.0270 e. The quantitative estimate of drug-likeness (QED) is 0.826. The van der Waals surface area contributed by atoms with E-state index in [0.717, 1.165) is 6.42 Å². The van der Waals surface area contributed by atoms with Crippen LogP contribution in [-0.2, 0) is 12.8 Å². The lowest BCUT2D eigenvalue weighted by Crippen LogP contribution is -2.26. The number of nitrogens with zero attached hydrogens (tertiary/aromatic N) is 1. The molecule has 1 atom stereocenters. The summed E-state index contributed by atoms with van der Waals surface area (Å²) in [5, 5.41) is 5.58. The second-order valence-corrected chi connectivity index (χ2v) is 5.53. The fraction of sp³-hybridized carbons (Fsp3) is 0.400. The van der Waals surface area contributed by atoms with Gasteiger partial charge in [-0.25, -0.2) is 0 Å². The Balaban J connectivity index is 1.75. The summed E-state index contributed by atoms with van der Waals surface area (Å²) >= 11 is 1.85. The van der Waals surface area contributed by atoms with Crippen LogP contribution >= 0.6 is 11.3 Å². The molecule has 18 heavy (non-hydrogen) atoms. The van der Waals surface area contributed by atoms with E-state index >= 15 is 0 Å². The fourth-order valence-electron chi connectivity index (χ4n) is 2.09. The van der Waals surface area contributed by atoms with Gasteiger partial charge >= 0.3 is 0 Å². The van der Waals surface area contributed by atoms with Crippen molar-refractivity contribution in [2.24, 2.45) is 0 Å². The Kier molecular flexibility index (Phi) is 5.36. The molecule has 1 N–H and O–H groups in total. The van der Waals surface area contributed by atoms with Crippen molar-refractivity contribution in [3.8, 4) is 0 Å². The number of nitrogens with one attached hydrogen (secondary N) is 1. The van der Waals surface area contributed by atoms with Gasteiger partial charge in [-0.1, -0.05) is 6.07 Å². The van der Waals surface area contributed by atoms with Crippen molar-refractivity contribution in [3.05, 3.63) is 52.5 Å². The summed E-state index contributed by atoms with van der Waals surface area (Å²) in [4.78, 5) is 5.53. The van der Waals surface area contributed by atoms with E-state index in [0.29, 0.717) is 6.04 Å². The highest BCUT2D eigenvalue weighted by atomic mass is 32.1. The molecule has 0 aliphatic carbocycles.